The van der Waals surface area contributed by atoms with Crippen molar-refractivity contribution >= 4 is 35.0 Å². The highest BCUT2D eigenvalue weighted by Gasteiger charge is 2.29. The molecule has 2 amide bonds. The van der Waals surface area contributed by atoms with E-state index in [2.05, 4.69) is 5.32 Å². The molecule has 1 aliphatic rings. The van der Waals surface area contributed by atoms with Gasteiger partial charge in [-0.05, 0) is 37.0 Å². The van der Waals surface area contributed by atoms with E-state index in [0.717, 1.165) is 24.9 Å². The maximum Gasteiger partial charge on any atom is 0.225 e. The average molecular weight is 371 g/mol. The monoisotopic (exact) mass is 370 g/mol. The molecule has 1 N–H and O–H groups in total. The summed E-state index contributed by atoms with van der Waals surface area (Å²) in [6.07, 6.45) is 2.36. The van der Waals surface area contributed by atoms with Gasteiger partial charge in [-0.1, -0.05) is 43.1 Å². The number of carbonyl (C=O) groups is 2. The van der Waals surface area contributed by atoms with E-state index >= 15 is 0 Å². The van der Waals surface area contributed by atoms with Gasteiger partial charge in [0.2, 0.25) is 11.8 Å². The van der Waals surface area contributed by atoms with Crippen molar-refractivity contribution in [2.45, 2.75) is 33.1 Å². The van der Waals surface area contributed by atoms with Gasteiger partial charge in [0.1, 0.15) is 0 Å². The normalized spacial score (nSPS) is 17.9. The number of likely N-dealkylation sites (tertiary alicyclic amines) is 1. The molecule has 1 aromatic rings. The van der Waals surface area contributed by atoms with Gasteiger partial charge in [0.25, 0.3) is 0 Å². The van der Waals surface area contributed by atoms with Gasteiger partial charge in [0.05, 0.1) is 5.92 Å². The maximum atomic E-state index is 12.4. The van der Waals surface area contributed by atoms with E-state index < -0.39 is 0 Å². The standard InChI is InChI=1S/C18H24Cl2N2O2/c1-12(2)18(24)22-9-3-4-14(11-22)17(23)21-8-7-13-5-6-15(19)10-16(13)20/h5-6,10,12,14H,3-4,7-9,11H2,1-2H3,(H,21,23). The second-order valence-electron chi connectivity index (χ2n) is 6.55. The molecule has 0 aromatic heterocycles. The predicted molar refractivity (Wildman–Crippen MR) is 97.3 cm³/mol. The lowest BCUT2D eigenvalue weighted by molar-refractivity contribution is -0.138. The highest BCUT2D eigenvalue weighted by molar-refractivity contribution is 6.35. The third-order valence-electron chi connectivity index (χ3n) is 4.31. The number of nitrogens with one attached hydrogen (secondary N) is 1. The van der Waals surface area contributed by atoms with E-state index in [9.17, 15) is 9.59 Å². The Morgan fingerprint density at radius 1 is 1.33 bits per heavy atom. The van der Waals surface area contributed by atoms with Crippen LogP contribution in [0.15, 0.2) is 18.2 Å². The molecule has 0 saturated carbocycles. The fourth-order valence-electron chi connectivity index (χ4n) is 2.95. The Morgan fingerprint density at radius 3 is 2.75 bits per heavy atom. The van der Waals surface area contributed by atoms with Crippen molar-refractivity contribution in [1.29, 1.82) is 0 Å². The van der Waals surface area contributed by atoms with E-state index in [1.165, 1.54) is 0 Å². The fraction of sp³-hybridized carbons (Fsp3) is 0.556. The summed E-state index contributed by atoms with van der Waals surface area (Å²) < 4.78 is 0. The van der Waals surface area contributed by atoms with Gasteiger partial charge in [-0.3, -0.25) is 9.59 Å². The largest absolute Gasteiger partial charge is 0.355 e. The third-order valence-corrected chi connectivity index (χ3v) is 4.89. The zero-order chi connectivity index (χ0) is 17.7. The van der Waals surface area contributed by atoms with E-state index in [1.54, 1.807) is 12.1 Å². The van der Waals surface area contributed by atoms with Crippen molar-refractivity contribution in [1.82, 2.24) is 10.2 Å². The summed E-state index contributed by atoms with van der Waals surface area (Å²) in [6.45, 7) is 5.57. The molecular formula is C18H24Cl2N2O2. The van der Waals surface area contributed by atoms with Crippen LogP contribution in [0.25, 0.3) is 0 Å². The quantitative estimate of drug-likeness (QED) is 0.861. The first kappa shape index (κ1) is 19.1. The molecule has 24 heavy (non-hydrogen) atoms. The van der Waals surface area contributed by atoms with Gasteiger partial charge in [0.15, 0.2) is 0 Å². The summed E-state index contributed by atoms with van der Waals surface area (Å²) in [6, 6.07) is 5.37. The van der Waals surface area contributed by atoms with Crippen LogP contribution in [0.5, 0.6) is 0 Å². The second-order valence-corrected chi connectivity index (χ2v) is 7.40. The van der Waals surface area contributed by atoms with Crippen LogP contribution in [-0.4, -0.2) is 36.3 Å². The van der Waals surface area contributed by atoms with E-state index in [0.29, 0.717) is 29.6 Å². The first-order valence-corrected chi connectivity index (χ1v) is 9.14. The Morgan fingerprint density at radius 2 is 2.08 bits per heavy atom. The van der Waals surface area contributed by atoms with E-state index in [-0.39, 0.29) is 23.7 Å². The Hall–Kier alpha value is -1.26. The Bertz CT molecular complexity index is 605. The van der Waals surface area contributed by atoms with Crippen LogP contribution in [0, 0.1) is 11.8 Å². The van der Waals surface area contributed by atoms with Gasteiger partial charge < -0.3 is 10.2 Å². The molecule has 1 fully saturated rings. The molecule has 1 atom stereocenters. The smallest absolute Gasteiger partial charge is 0.225 e. The van der Waals surface area contributed by atoms with E-state index in [1.807, 2.05) is 24.8 Å². The molecule has 2 rings (SSSR count). The van der Waals surface area contributed by atoms with Crippen LogP contribution >= 0.6 is 23.2 Å². The van der Waals surface area contributed by atoms with Crippen molar-refractivity contribution in [2.24, 2.45) is 11.8 Å². The second kappa shape index (κ2) is 8.72. The van der Waals surface area contributed by atoms with Crippen LogP contribution in [0.2, 0.25) is 10.0 Å². The van der Waals surface area contributed by atoms with Crippen molar-refractivity contribution < 1.29 is 9.59 Å². The van der Waals surface area contributed by atoms with Crippen LogP contribution < -0.4 is 5.32 Å². The number of benzene rings is 1. The molecule has 132 valence electrons. The molecule has 1 aromatic carbocycles. The Kier molecular flexibility index (Phi) is 6.93. The number of amides is 2. The third kappa shape index (κ3) is 5.12. The number of rotatable bonds is 5. The maximum absolute atomic E-state index is 12.4. The molecule has 1 aliphatic heterocycles. The molecule has 4 nitrogen and oxygen atoms in total. The number of piperidine rings is 1. The van der Waals surface area contributed by atoms with Crippen molar-refractivity contribution in [3.8, 4) is 0 Å². The zero-order valence-electron chi connectivity index (χ0n) is 14.1. The van der Waals surface area contributed by atoms with Crippen LogP contribution in [0.1, 0.15) is 32.3 Å². The van der Waals surface area contributed by atoms with Gasteiger partial charge in [-0.2, -0.15) is 0 Å². The predicted octanol–water partition coefficient (Wildman–Crippen LogP) is 3.55. The van der Waals surface area contributed by atoms with Gasteiger partial charge >= 0.3 is 0 Å². The lowest BCUT2D eigenvalue weighted by Crippen LogP contribution is -2.46. The summed E-state index contributed by atoms with van der Waals surface area (Å²) in [4.78, 5) is 26.3. The van der Waals surface area contributed by atoms with Crippen LogP contribution in [-0.2, 0) is 16.0 Å². The number of hydrogen-bond acceptors (Lipinski definition) is 2. The number of carbonyl (C=O) groups excluding carboxylic acids is 2. The average Bonchev–Trinajstić information content (AvgIpc) is 2.56. The minimum absolute atomic E-state index is 0.0151. The van der Waals surface area contributed by atoms with Gasteiger partial charge in [0, 0.05) is 35.6 Å². The fourth-order valence-corrected chi connectivity index (χ4v) is 3.45. The highest BCUT2D eigenvalue weighted by atomic mass is 35.5. The van der Waals surface area contributed by atoms with Crippen molar-refractivity contribution in [3.63, 3.8) is 0 Å². The lowest BCUT2D eigenvalue weighted by atomic mass is 9.96. The minimum Gasteiger partial charge on any atom is -0.355 e. The number of hydrogen-bond donors (Lipinski definition) is 1. The van der Waals surface area contributed by atoms with Crippen molar-refractivity contribution in [2.75, 3.05) is 19.6 Å². The van der Waals surface area contributed by atoms with Gasteiger partial charge in [-0.15, -0.1) is 0 Å². The summed E-state index contributed by atoms with van der Waals surface area (Å²) in [5.74, 6) is -0.0113. The summed E-state index contributed by atoms with van der Waals surface area (Å²) in [7, 11) is 0. The molecule has 1 unspecified atom stereocenters. The highest BCUT2D eigenvalue weighted by Crippen LogP contribution is 2.21. The molecule has 0 bridgehead atoms. The summed E-state index contributed by atoms with van der Waals surface area (Å²) >= 11 is 12.0. The lowest BCUT2D eigenvalue weighted by Gasteiger charge is -2.33. The van der Waals surface area contributed by atoms with Crippen molar-refractivity contribution in [3.05, 3.63) is 33.8 Å². The van der Waals surface area contributed by atoms with E-state index in [4.69, 9.17) is 23.2 Å². The number of nitrogens with zero attached hydrogens (tertiary/aromatic N) is 1. The van der Waals surface area contributed by atoms with Gasteiger partial charge in [-0.25, -0.2) is 0 Å². The summed E-state index contributed by atoms with van der Waals surface area (Å²) in [5.41, 5.74) is 0.960. The minimum atomic E-state index is -0.123. The number of halogens is 2. The van der Waals surface area contributed by atoms with Crippen LogP contribution in [0.3, 0.4) is 0 Å². The molecule has 6 heteroatoms. The molecule has 0 spiro atoms. The first-order valence-electron chi connectivity index (χ1n) is 8.39. The topological polar surface area (TPSA) is 49.4 Å². The van der Waals surface area contributed by atoms with Crippen LogP contribution in [0.4, 0.5) is 0 Å². The molecule has 0 radical (unpaired) electrons. The molecule has 1 saturated heterocycles. The summed E-state index contributed by atoms with van der Waals surface area (Å²) in [5, 5.41) is 4.18. The molecular weight excluding hydrogens is 347 g/mol. The Balaban J connectivity index is 1.82. The molecule has 0 aliphatic carbocycles. The SMILES string of the molecule is CC(C)C(=O)N1CCCC(C(=O)NCCc2ccc(Cl)cc2Cl)C1. The first-order chi connectivity index (χ1) is 11.4. The zero-order valence-corrected chi connectivity index (χ0v) is 15.7. The Labute approximate surface area is 153 Å². The molecule has 1 heterocycles.